The third-order valence-electron chi connectivity index (χ3n) is 4.51. The van der Waals surface area contributed by atoms with Crippen LogP contribution in [0, 0.1) is 0 Å². The lowest BCUT2D eigenvalue weighted by Crippen LogP contribution is -2.26. The second-order valence-corrected chi connectivity index (χ2v) is 6.14. The first kappa shape index (κ1) is 14.2. The van der Waals surface area contributed by atoms with E-state index in [-0.39, 0.29) is 0 Å². The predicted octanol–water partition coefficient (Wildman–Crippen LogP) is 2.94. The van der Waals surface area contributed by atoms with Crippen molar-refractivity contribution >= 4 is 0 Å². The number of imidazole rings is 1. The van der Waals surface area contributed by atoms with Gasteiger partial charge in [-0.3, -0.25) is 4.68 Å². The summed E-state index contributed by atoms with van der Waals surface area (Å²) in [6, 6.07) is 10.2. The average Bonchev–Trinajstić information content (AvgIpc) is 3.23. The van der Waals surface area contributed by atoms with Crippen molar-refractivity contribution in [2.45, 2.75) is 18.8 Å². The van der Waals surface area contributed by atoms with E-state index < -0.39 is 0 Å². The third-order valence-corrected chi connectivity index (χ3v) is 4.51. The van der Waals surface area contributed by atoms with Gasteiger partial charge in [-0.15, -0.1) is 0 Å². The maximum atomic E-state index is 4.69. The number of rotatable bonds is 3. The molecule has 2 N–H and O–H groups in total. The van der Waals surface area contributed by atoms with Gasteiger partial charge in [0.05, 0.1) is 11.9 Å². The molecule has 1 saturated heterocycles. The number of nitrogens with zero attached hydrogens (tertiary/aromatic N) is 3. The number of benzene rings is 1. The maximum Gasteiger partial charge on any atom is 0.137 e. The molecule has 5 nitrogen and oxygen atoms in total. The zero-order valence-corrected chi connectivity index (χ0v) is 13.3. The molecular formula is C18H21N5. The Morgan fingerprint density at radius 2 is 1.91 bits per heavy atom. The Kier molecular flexibility index (Phi) is 3.71. The largest absolute Gasteiger partial charge is 0.337 e. The first-order valence-electron chi connectivity index (χ1n) is 8.16. The van der Waals surface area contributed by atoms with Crippen molar-refractivity contribution in [1.29, 1.82) is 0 Å². The molecule has 0 aliphatic carbocycles. The summed E-state index contributed by atoms with van der Waals surface area (Å²) in [5, 5.41) is 8.12. The first-order valence-corrected chi connectivity index (χ1v) is 8.16. The number of piperidine rings is 1. The van der Waals surface area contributed by atoms with E-state index in [1.54, 1.807) is 0 Å². The van der Waals surface area contributed by atoms with Crippen LogP contribution in [0.3, 0.4) is 0 Å². The molecule has 0 atom stereocenters. The number of aryl methyl sites for hydroxylation is 1. The highest BCUT2D eigenvalue weighted by Crippen LogP contribution is 2.33. The molecule has 1 fully saturated rings. The molecular weight excluding hydrogens is 286 g/mol. The summed E-state index contributed by atoms with van der Waals surface area (Å²) >= 11 is 0. The van der Waals surface area contributed by atoms with Crippen molar-refractivity contribution in [3.63, 3.8) is 0 Å². The molecule has 3 heterocycles. The van der Waals surface area contributed by atoms with Gasteiger partial charge in [-0.2, -0.15) is 5.10 Å². The summed E-state index contributed by atoms with van der Waals surface area (Å²) in [5.41, 5.74) is 4.46. The smallest absolute Gasteiger partial charge is 0.137 e. The maximum absolute atomic E-state index is 4.69. The van der Waals surface area contributed by atoms with Crippen LogP contribution in [0.1, 0.15) is 24.3 Å². The lowest BCUT2D eigenvalue weighted by Gasteiger charge is -2.22. The molecule has 23 heavy (non-hydrogen) atoms. The van der Waals surface area contributed by atoms with Crippen molar-refractivity contribution in [2.24, 2.45) is 7.05 Å². The Balaban J connectivity index is 1.70. The molecule has 5 heteroatoms. The quantitative estimate of drug-likeness (QED) is 0.782. The van der Waals surface area contributed by atoms with Crippen molar-refractivity contribution in [2.75, 3.05) is 13.1 Å². The topological polar surface area (TPSA) is 58.5 Å². The summed E-state index contributed by atoms with van der Waals surface area (Å²) < 4.78 is 1.91. The predicted molar refractivity (Wildman–Crippen MR) is 91.1 cm³/mol. The highest BCUT2D eigenvalue weighted by Gasteiger charge is 2.22. The minimum absolute atomic E-state index is 0.573. The van der Waals surface area contributed by atoms with Gasteiger partial charge in [-0.1, -0.05) is 30.3 Å². The highest BCUT2D eigenvalue weighted by molar-refractivity contribution is 5.64. The summed E-state index contributed by atoms with van der Waals surface area (Å²) in [5.74, 6) is 1.46. The van der Waals surface area contributed by atoms with Gasteiger partial charge in [0.25, 0.3) is 0 Å². The number of aromatic amines is 1. The van der Waals surface area contributed by atoms with Crippen LogP contribution in [0.25, 0.3) is 22.8 Å². The Labute approximate surface area is 135 Å². The molecule has 0 bridgehead atoms. The Morgan fingerprint density at radius 1 is 1.13 bits per heavy atom. The van der Waals surface area contributed by atoms with E-state index in [9.17, 15) is 0 Å². The zero-order valence-electron chi connectivity index (χ0n) is 13.3. The fourth-order valence-corrected chi connectivity index (χ4v) is 3.33. The number of hydrogen-bond donors (Lipinski definition) is 2. The Bertz CT molecular complexity index is 781. The average molecular weight is 307 g/mol. The lowest BCUT2D eigenvalue weighted by atomic mass is 9.90. The van der Waals surface area contributed by atoms with Crippen molar-refractivity contribution in [3.8, 4) is 22.8 Å². The third kappa shape index (κ3) is 2.80. The molecule has 3 aromatic rings. The lowest BCUT2D eigenvalue weighted by molar-refractivity contribution is 0.461. The van der Waals surface area contributed by atoms with Gasteiger partial charge in [0, 0.05) is 24.4 Å². The molecule has 0 unspecified atom stereocenters. The second-order valence-electron chi connectivity index (χ2n) is 6.14. The summed E-state index contributed by atoms with van der Waals surface area (Å²) in [7, 11) is 1.99. The van der Waals surface area contributed by atoms with Gasteiger partial charge in [-0.25, -0.2) is 4.98 Å². The molecule has 118 valence electrons. The van der Waals surface area contributed by atoms with Crippen LogP contribution in [0.15, 0.2) is 42.7 Å². The number of H-pyrrole nitrogens is 1. The SMILES string of the molecule is Cn1cc(C2CCNCC2)c(-c2cnc(-c3ccccc3)[nH]2)n1. The number of aromatic nitrogens is 4. The van der Waals surface area contributed by atoms with Crippen LogP contribution in [0.2, 0.25) is 0 Å². The zero-order chi connectivity index (χ0) is 15.6. The van der Waals surface area contributed by atoms with E-state index in [1.165, 1.54) is 18.4 Å². The summed E-state index contributed by atoms with van der Waals surface area (Å²) in [6.45, 7) is 2.16. The van der Waals surface area contributed by atoms with Crippen molar-refractivity contribution in [1.82, 2.24) is 25.1 Å². The normalized spacial score (nSPS) is 15.9. The fourth-order valence-electron chi connectivity index (χ4n) is 3.33. The van der Waals surface area contributed by atoms with E-state index in [0.29, 0.717) is 5.92 Å². The molecule has 2 aromatic heterocycles. The molecule has 1 aliphatic heterocycles. The Hall–Kier alpha value is -2.40. The fraction of sp³-hybridized carbons (Fsp3) is 0.333. The molecule has 0 spiro atoms. The van der Waals surface area contributed by atoms with Gasteiger partial charge >= 0.3 is 0 Å². The van der Waals surface area contributed by atoms with Crippen LogP contribution >= 0.6 is 0 Å². The van der Waals surface area contributed by atoms with Gasteiger partial charge in [0.1, 0.15) is 11.5 Å². The Morgan fingerprint density at radius 3 is 2.70 bits per heavy atom. The first-order chi connectivity index (χ1) is 11.3. The highest BCUT2D eigenvalue weighted by atomic mass is 15.3. The van der Waals surface area contributed by atoms with Crippen molar-refractivity contribution < 1.29 is 0 Å². The van der Waals surface area contributed by atoms with Gasteiger partial charge in [-0.05, 0) is 31.8 Å². The van der Waals surface area contributed by atoms with Gasteiger partial charge in [0.15, 0.2) is 0 Å². The van der Waals surface area contributed by atoms with Crippen molar-refractivity contribution in [3.05, 3.63) is 48.3 Å². The molecule has 1 aromatic carbocycles. The molecule has 0 saturated carbocycles. The van der Waals surface area contributed by atoms with Crippen LogP contribution in [-0.4, -0.2) is 32.8 Å². The summed E-state index contributed by atoms with van der Waals surface area (Å²) in [4.78, 5) is 7.98. The molecule has 0 amide bonds. The monoisotopic (exact) mass is 307 g/mol. The van der Waals surface area contributed by atoms with Crippen LogP contribution in [0.5, 0.6) is 0 Å². The van der Waals surface area contributed by atoms with Crippen LogP contribution in [0.4, 0.5) is 0 Å². The van der Waals surface area contributed by atoms with Gasteiger partial charge in [0.2, 0.25) is 0 Å². The minimum Gasteiger partial charge on any atom is -0.337 e. The van der Waals surface area contributed by atoms with E-state index in [4.69, 9.17) is 0 Å². The van der Waals surface area contributed by atoms with E-state index in [1.807, 2.05) is 36.1 Å². The van der Waals surface area contributed by atoms with Crippen LogP contribution in [-0.2, 0) is 7.05 Å². The standard InChI is InChI=1S/C18H21N5/c1-23-12-15(13-7-9-19-10-8-13)17(22-23)16-11-20-18(21-16)14-5-3-2-4-6-14/h2-6,11-13,19H,7-10H2,1H3,(H,20,21). The second kappa shape index (κ2) is 6.01. The summed E-state index contributed by atoms with van der Waals surface area (Å²) in [6.07, 6.45) is 6.39. The van der Waals surface area contributed by atoms with E-state index in [0.717, 1.165) is 35.9 Å². The molecule has 0 radical (unpaired) electrons. The van der Waals surface area contributed by atoms with Crippen LogP contribution < -0.4 is 5.32 Å². The number of nitrogens with one attached hydrogen (secondary N) is 2. The minimum atomic E-state index is 0.573. The van der Waals surface area contributed by atoms with E-state index in [2.05, 4.69) is 38.7 Å². The van der Waals surface area contributed by atoms with Gasteiger partial charge < -0.3 is 10.3 Å². The van der Waals surface area contributed by atoms with E-state index >= 15 is 0 Å². The molecule has 4 rings (SSSR count). The molecule has 1 aliphatic rings. The number of hydrogen-bond acceptors (Lipinski definition) is 3.